The Labute approximate surface area is 121 Å². The molecule has 5 nitrogen and oxygen atoms in total. The third-order valence-electron chi connectivity index (χ3n) is 2.54. The lowest BCUT2D eigenvalue weighted by Crippen LogP contribution is -2.47. The summed E-state index contributed by atoms with van der Waals surface area (Å²) in [5, 5.41) is 12.8. The number of benzene rings is 1. The summed E-state index contributed by atoms with van der Waals surface area (Å²) in [6, 6.07) is 5.00. The van der Waals surface area contributed by atoms with Crippen LogP contribution in [0.3, 0.4) is 0 Å². The van der Waals surface area contributed by atoms with E-state index in [9.17, 15) is 9.90 Å². The highest BCUT2D eigenvalue weighted by Crippen LogP contribution is 2.20. The average molecular weight is 330 g/mol. The molecule has 1 aromatic carbocycles. The molecule has 0 heterocycles. The lowest BCUT2D eigenvalue weighted by molar-refractivity contribution is 0.0326. The summed E-state index contributed by atoms with van der Waals surface area (Å²) in [6.07, 6.45) is 0. The zero-order valence-electron chi connectivity index (χ0n) is 11.4. The monoisotopic (exact) mass is 329 g/mol. The summed E-state index contributed by atoms with van der Waals surface area (Å²) >= 11 is 3.27. The summed E-state index contributed by atoms with van der Waals surface area (Å²) in [7, 11) is 3.73. The molecule has 0 aromatic heterocycles. The first-order valence-corrected chi connectivity index (χ1v) is 6.71. The molecule has 0 spiro atoms. The smallest absolute Gasteiger partial charge is 0.251 e. The molecule has 1 amide bonds. The zero-order chi connectivity index (χ0) is 14.6. The summed E-state index contributed by atoms with van der Waals surface area (Å²) in [5.74, 6) is -0.252. The fraction of sp³-hybridized carbons (Fsp3) is 0.462. The molecule has 106 valence electrons. The van der Waals surface area contributed by atoms with Crippen LogP contribution in [-0.2, 0) is 0 Å². The number of carbonyl (C=O) groups is 1. The van der Waals surface area contributed by atoms with Gasteiger partial charge in [0.2, 0.25) is 0 Å². The topological polar surface area (TPSA) is 78.6 Å². The van der Waals surface area contributed by atoms with Crippen molar-refractivity contribution in [3.05, 3.63) is 28.2 Å². The first kappa shape index (κ1) is 15.9. The standard InChI is InChI=1S/C13H20BrN3O2/c1-13(19,8-17(2)3)7-16-12(18)9-4-5-10(14)11(15)6-9/h4-6,19H,7-8,15H2,1-3H3,(H,16,18). The van der Waals surface area contributed by atoms with Gasteiger partial charge in [0.05, 0.1) is 5.60 Å². The molecule has 0 aliphatic heterocycles. The summed E-state index contributed by atoms with van der Waals surface area (Å²) < 4.78 is 0.753. The molecule has 0 aliphatic rings. The predicted molar refractivity (Wildman–Crippen MR) is 80.1 cm³/mol. The summed E-state index contributed by atoms with van der Waals surface area (Å²) in [4.78, 5) is 13.8. The lowest BCUT2D eigenvalue weighted by atomic mass is 10.1. The van der Waals surface area contributed by atoms with Crippen LogP contribution in [0, 0.1) is 0 Å². The Morgan fingerprint density at radius 2 is 2.16 bits per heavy atom. The van der Waals surface area contributed by atoms with Crippen LogP contribution in [0.15, 0.2) is 22.7 Å². The molecule has 0 radical (unpaired) electrons. The Bertz CT molecular complexity index is 461. The van der Waals surface area contributed by atoms with E-state index in [1.54, 1.807) is 25.1 Å². The van der Waals surface area contributed by atoms with E-state index in [1.165, 1.54) is 0 Å². The maximum Gasteiger partial charge on any atom is 0.251 e. The number of nitrogens with one attached hydrogen (secondary N) is 1. The highest BCUT2D eigenvalue weighted by atomic mass is 79.9. The number of rotatable bonds is 5. The van der Waals surface area contributed by atoms with E-state index in [0.29, 0.717) is 17.8 Å². The molecule has 19 heavy (non-hydrogen) atoms. The van der Waals surface area contributed by atoms with Gasteiger partial charge in [-0.3, -0.25) is 4.79 Å². The molecule has 0 saturated carbocycles. The molecule has 1 rings (SSSR count). The molecular formula is C13H20BrN3O2. The molecular weight excluding hydrogens is 310 g/mol. The number of aliphatic hydroxyl groups is 1. The van der Waals surface area contributed by atoms with Crippen molar-refractivity contribution in [3.63, 3.8) is 0 Å². The number of amides is 1. The van der Waals surface area contributed by atoms with Crippen molar-refractivity contribution in [1.29, 1.82) is 0 Å². The van der Waals surface area contributed by atoms with E-state index in [0.717, 1.165) is 4.47 Å². The van der Waals surface area contributed by atoms with E-state index in [-0.39, 0.29) is 12.5 Å². The van der Waals surface area contributed by atoms with Gasteiger partial charge in [0.1, 0.15) is 0 Å². The van der Waals surface area contributed by atoms with E-state index in [1.807, 2.05) is 19.0 Å². The number of anilines is 1. The Balaban J connectivity index is 2.62. The van der Waals surface area contributed by atoms with Crippen molar-refractivity contribution in [3.8, 4) is 0 Å². The van der Waals surface area contributed by atoms with Gasteiger partial charge in [0.25, 0.3) is 5.91 Å². The molecule has 1 atom stereocenters. The van der Waals surface area contributed by atoms with Crippen LogP contribution in [0.2, 0.25) is 0 Å². The van der Waals surface area contributed by atoms with Gasteiger partial charge in [-0.1, -0.05) is 0 Å². The molecule has 0 bridgehead atoms. The van der Waals surface area contributed by atoms with E-state index < -0.39 is 5.60 Å². The number of likely N-dealkylation sites (N-methyl/N-ethyl adjacent to an activating group) is 1. The first-order chi connectivity index (χ1) is 8.71. The molecule has 1 unspecified atom stereocenters. The minimum absolute atomic E-state index is 0.181. The molecule has 4 N–H and O–H groups in total. The number of nitrogens with two attached hydrogens (primary N) is 1. The molecule has 0 aliphatic carbocycles. The molecule has 0 fully saturated rings. The fourth-order valence-corrected chi connectivity index (χ4v) is 2.04. The van der Waals surface area contributed by atoms with Gasteiger partial charge in [0.15, 0.2) is 0 Å². The number of carbonyl (C=O) groups excluding carboxylic acids is 1. The quantitative estimate of drug-likeness (QED) is 0.706. The second kappa shape index (κ2) is 6.36. The van der Waals surface area contributed by atoms with Crippen molar-refractivity contribution < 1.29 is 9.90 Å². The van der Waals surface area contributed by atoms with E-state index in [2.05, 4.69) is 21.2 Å². The van der Waals surface area contributed by atoms with Crippen LogP contribution in [-0.4, -0.2) is 48.7 Å². The van der Waals surface area contributed by atoms with Crippen molar-refractivity contribution in [2.45, 2.75) is 12.5 Å². The molecule has 1 aromatic rings. The highest BCUT2D eigenvalue weighted by Gasteiger charge is 2.22. The van der Waals surface area contributed by atoms with Crippen LogP contribution in [0.1, 0.15) is 17.3 Å². The Hall–Kier alpha value is -1.11. The average Bonchev–Trinajstić information content (AvgIpc) is 2.28. The summed E-state index contributed by atoms with van der Waals surface area (Å²) in [6.45, 7) is 2.33. The lowest BCUT2D eigenvalue weighted by Gasteiger charge is -2.27. The van der Waals surface area contributed by atoms with Crippen molar-refractivity contribution in [2.75, 3.05) is 32.9 Å². The van der Waals surface area contributed by atoms with Crippen LogP contribution in [0.25, 0.3) is 0 Å². The number of nitrogens with zero attached hydrogens (tertiary/aromatic N) is 1. The van der Waals surface area contributed by atoms with Gasteiger partial charge >= 0.3 is 0 Å². The minimum atomic E-state index is -0.972. The Kier molecular flexibility index (Phi) is 5.34. The van der Waals surface area contributed by atoms with E-state index >= 15 is 0 Å². The van der Waals surface area contributed by atoms with Crippen molar-refractivity contribution in [2.24, 2.45) is 0 Å². The van der Waals surface area contributed by atoms with Gasteiger partial charge in [0, 0.05) is 28.8 Å². The van der Waals surface area contributed by atoms with Crippen LogP contribution < -0.4 is 11.1 Å². The van der Waals surface area contributed by atoms with E-state index in [4.69, 9.17) is 5.73 Å². The van der Waals surface area contributed by atoms with Gasteiger partial charge in [-0.25, -0.2) is 0 Å². The SMILES string of the molecule is CN(C)CC(C)(O)CNC(=O)c1ccc(Br)c(N)c1. The van der Waals surface area contributed by atoms with Crippen molar-refractivity contribution >= 4 is 27.5 Å². The molecule has 6 heteroatoms. The zero-order valence-corrected chi connectivity index (χ0v) is 13.0. The number of hydrogen-bond donors (Lipinski definition) is 3. The maximum absolute atomic E-state index is 11.9. The van der Waals surface area contributed by atoms with Gasteiger partial charge < -0.3 is 21.1 Å². The van der Waals surface area contributed by atoms with Gasteiger partial charge in [-0.15, -0.1) is 0 Å². The Morgan fingerprint density at radius 1 is 1.53 bits per heavy atom. The third kappa shape index (κ3) is 5.18. The minimum Gasteiger partial charge on any atom is -0.398 e. The fourth-order valence-electron chi connectivity index (χ4n) is 1.79. The largest absolute Gasteiger partial charge is 0.398 e. The van der Waals surface area contributed by atoms with Crippen LogP contribution >= 0.6 is 15.9 Å². The number of halogens is 1. The summed E-state index contributed by atoms with van der Waals surface area (Å²) in [5.41, 5.74) is 5.73. The highest BCUT2D eigenvalue weighted by molar-refractivity contribution is 9.10. The van der Waals surface area contributed by atoms with Gasteiger partial charge in [-0.05, 0) is 55.1 Å². The number of hydrogen-bond acceptors (Lipinski definition) is 4. The third-order valence-corrected chi connectivity index (χ3v) is 3.27. The normalized spacial score (nSPS) is 14.2. The molecule has 0 saturated heterocycles. The second-order valence-corrected chi connectivity index (χ2v) is 6.01. The van der Waals surface area contributed by atoms with Crippen LogP contribution in [0.4, 0.5) is 5.69 Å². The predicted octanol–water partition coefficient (Wildman–Crippen LogP) is 1.07. The van der Waals surface area contributed by atoms with Crippen LogP contribution in [0.5, 0.6) is 0 Å². The second-order valence-electron chi connectivity index (χ2n) is 5.15. The number of nitrogen functional groups attached to an aromatic ring is 1. The van der Waals surface area contributed by atoms with Crippen molar-refractivity contribution in [1.82, 2.24) is 10.2 Å². The first-order valence-electron chi connectivity index (χ1n) is 5.91. The maximum atomic E-state index is 11.9. The van der Waals surface area contributed by atoms with Gasteiger partial charge in [-0.2, -0.15) is 0 Å². The Morgan fingerprint density at radius 3 is 2.68 bits per heavy atom.